The molecule has 6 nitrogen and oxygen atoms in total. The Kier molecular flexibility index (Phi) is 3.62. The smallest absolute Gasteiger partial charge is 0.323 e. The molecule has 0 unspecified atom stereocenters. The normalized spacial score (nSPS) is 19.7. The summed E-state index contributed by atoms with van der Waals surface area (Å²) in [6.45, 7) is 2.08. The molecular weight excluding hydrogens is 268 g/mol. The van der Waals surface area contributed by atoms with Crippen LogP contribution in [-0.2, 0) is 0 Å². The summed E-state index contributed by atoms with van der Waals surface area (Å²) in [5, 5.41) is 0. The monoisotopic (exact) mass is 286 g/mol. The van der Waals surface area contributed by atoms with Crippen molar-refractivity contribution in [3.63, 3.8) is 0 Å². The third-order valence-electron chi connectivity index (χ3n) is 3.95. The van der Waals surface area contributed by atoms with Gasteiger partial charge in [0.15, 0.2) is 0 Å². The van der Waals surface area contributed by atoms with Gasteiger partial charge in [0.05, 0.1) is 6.04 Å². The predicted molar refractivity (Wildman–Crippen MR) is 79.1 cm³/mol. The highest BCUT2D eigenvalue weighted by atomic mass is 16.2. The highest BCUT2D eigenvalue weighted by molar-refractivity contribution is 5.92. The minimum absolute atomic E-state index is 0.137. The molecule has 1 fully saturated rings. The fourth-order valence-electron chi connectivity index (χ4n) is 2.71. The molecule has 1 aromatic heterocycles. The number of rotatable bonds is 2. The zero-order valence-electron chi connectivity index (χ0n) is 11.9. The van der Waals surface area contributed by atoms with E-state index in [9.17, 15) is 9.59 Å². The largest absolute Gasteiger partial charge is 0.334 e. The summed E-state index contributed by atoms with van der Waals surface area (Å²) in [6.07, 6.45) is 1.43. The summed E-state index contributed by atoms with van der Waals surface area (Å²) in [6, 6.07) is 10.3. The number of aromatic amines is 2. The van der Waals surface area contributed by atoms with Crippen molar-refractivity contribution in [1.82, 2.24) is 19.8 Å². The number of aromatic nitrogens is 2. The van der Waals surface area contributed by atoms with Crippen LogP contribution in [0.3, 0.4) is 0 Å². The second-order valence-electron chi connectivity index (χ2n) is 5.31. The molecule has 2 aromatic rings. The number of hydrogen-bond acceptors (Lipinski definition) is 3. The number of nitrogens with zero attached hydrogens (tertiary/aromatic N) is 2. The van der Waals surface area contributed by atoms with E-state index in [0.29, 0.717) is 18.8 Å². The molecule has 1 amide bonds. The van der Waals surface area contributed by atoms with Gasteiger partial charge in [0.25, 0.3) is 5.91 Å². The van der Waals surface area contributed by atoms with Crippen LogP contribution in [0.25, 0.3) is 0 Å². The average molecular weight is 286 g/mol. The van der Waals surface area contributed by atoms with Gasteiger partial charge in [-0.3, -0.25) is 9.69 Å². The lowest BCUT2D eigenvalue weighted by molar-refractivity contribution is 0.0541. The van der Waals surface area contributed by atoms with E-state index < -0.39 is 0 Å². The molecule has 0 bridgehead atoms. The van der Waals surface area contributed by atoms with Gasteiger partial charge in [-0.25, -0.2) is 4.79 Å². The summed E-state index contributed by atoms with van der Waals surface area (Å²) in [7, 11) is 2.07. The van der Waals surface area contributed by atoms with E-state index in [1.165, 1.54) is 11.8 Å². The molecule has 1 atom stereocenters. The highest BCUT2D eigenvalue weighted by Crippen LogP contribution is 2.24. The Bertz CT molecular complexity index is 676. The maximum atomic E-state index is 12.4. The molecule has 1 aliphatic rings. The number of benzene rings is 1. The van der Waals surface area contributed by atoms with E-state index in [0.717, 1.165) is 6.54 Å². The minimum atomic E-state index is -0.355. The lowest BCUT2D eigenvalue weighted by Gasteiger charge is -2.39. The molecule has 0 aliphatic carbocycles. The quantitative estimate of drug-likeness (QED) is 0.859. The number of imidazole rings is 1. The van der Waals surface area contributed by atoms with E-state index >= 15 is 0 Å². The Morgan fingerprint density at radius 1 is 1.24 bits per heavy atom. The number of hydrogen-bond donors (Lipinski definition) is 2. The van der Waals surface area contributed by atoms with Crippen LogP contribution in [0.1, 0.15) is 22.1 Å². The van der Waals surface area contributed by atoms with Gasteiger partial charge >= 0.3 is 5.69 Å². The molecular formula is C15H18N4O2. The zero-order chi connectivity index (χ0) is 14.8. The summed E-state index contributed by atoms with van der Waals surface area (Å²) >= 11 is 0. The number of amides is 1. The first-order valence-corrected chi connectivity index (χ1v) is 6.97. The molecule has 110 valence electrons. The number of likely N-dealkylation sites (N-methyl/N-ethyl adjacent to an activating group) is 1. The number of nitrogens with one attached hydrogen (secondary N) is 2. The first-order chi connectivity index (χ1) is 10.1. The van der Waals surface area contributed by atoms with Crippen molar-refractivity contribution in [2.24, 2.45) is 0 Å². The Balaban J connectivity index is 1.80. The third-order valence-corrected chi connectivity index (χ3v) is 3.95. The molecule has 0 saturated carbocycles. The topological polar surface area (TPSA) is 72.2 Å². The molecule has 2 heterocycles. The third kappa shape index (κ3) is 2.75. The van der Waals surface area contributed by atoms with E-state index in [-0.39, 0.29) is 17.6 Å². The SMILES string of the molecule is CN1CCN(C(=O)c2c[nH]c(=O)[nH]2)C[C@H]1c1ccccc1. The maximum Gasteiger partial charge on any atom is 0.323 e. The second-order valence-corrected chi connectivity index (χ2v) is 5.31. The van der Waals surface area contributed by atoms with Crippen LogP contribution in [0.2, 0.25) is 0 Å². The average Bonchev–Trinajstić information content (AvgIpc) is 2.94. The molecule has 0 radical (unpaired) electrons. The maximum absolute atomic E-state index is 12.4. The van der Waals surface area contributed by atoms with E-state index in [4.69, 9.17) is 0 Å². The van der Waals surface area contributed by atoms with Gasteiger partial charge in [-0.2, -0.15) is 0 Å². The van der Waals surface area contributed by atoms with Gasteiger partial charge in [0.1, 0.15) is 5.69 Å². The van der Waals surface area contributed by atoms with Crippen molar-refractivity contribution in [3.8, 4) is 0 Å². The Morgan fingerprint density at radius 2 is 2.00 bits per heavy atom. The minimum Gasteiger partial charge on any atom is -0.334 e. The summed E-state index contributed by atoms with van der Waals surface area (Å²) < 4.78 is 0. The van der Waals surface area contributed by atoms with Gasteiger partial charge in [0.2, 0.25) is 0 Å². The summed E-state index contributed by atoms with van der Waals surface area (Å²) in [4.78, 5) is 32.6. The van der Waals surface area contributed by atoms with Crippen molar-refractivity contribution in [1.29, 1.82) is 0 Å². The van der Waals surface area contributed by atoms with Crippen LogP contribution in [0, 0.1) is 0 Å². The number of H-pyrrole nitrogens is 2. The first-order valence-electron chi connectivity index (χ1n) is 6.97. The fourth-order valence-corrected chi connectivity index (χ4v) is 2.71. The van der Waals surface area contributed by atoms with Crippen molar-refractivity contribution in [3.05, 3.63) is 58.3 Å². The van der Waals surface area contributed by atoms with Crippen molar-refractivity contribution >= 4 is 5.91 Å². The van der Waals surface area contributed by atoms with E-state index in [2.05, 4.69) is 34.0 Å². The number of piperazine rings is 1. The van der Waals surface area contributed by atoms with Crippen LogP contribution in [0.5, 0.6) is 0 Å². The van der Waals surface area contributed by atoms with E-state index in [1.54, 1.807) is 4.90 Å². The molecule has 1 aliphatic heterocycles. The van der Waals surface area contributed by atoms with Crippen molar-refractivity contribution in [2.45, 2.75) is 6.04 Å². The van der Waals surface area contributed by atoms with Crippen LogP contribution in [0.15, 0.2) is 41.3 Å². The van der Waals surface area contributed by atoms with Crippen molar-refractivity contribution in [2.75, 3.05) is 26.7 Å². The molecule has 0 spiro atoms. The Hall–Kier alpha value is -2.34. The zero-order valence-corrected chi connectivity index (χ0v) is 11.9. The van der Waals surface area contributed by atoms with Crippen LogP contribution in [0.4, 0.5) is 0 Å². The van der Waals surface area contributed by atoms with Gasteiger partial charge < -0.3 is 14.9 Å². The summed E-state index contributed by atoms with van der Waals surface area (Å²) in [5.74, 6) is -0.137. The standard InChI is InChI=1S/C15H18N4O2/c1-18-7-8-19(14(20)12-9-16-15(21)17-12)10-13(18)11-5-3-2-4-6-11/h2-6,9,13H,7-8,10H2,1H3,(H2,16,17,21)/t13-/m0/s1. The number of carbonyl (C=O) groups excluding carboxylic acids is 1. The lowest BCUT2D eigenvalue weighted by Crippen LogP contribution is -2.49. The lowest BCUT2D eigenvalue weighted by atomic mass is 10.0. The van der Waals surface area contributed by atoms with Crippen LogP contribution < -0.4 is 5.69 Å². The molecule has 21 heavy (non-hydrogen) atoms. The van der Waals surface area contributed by atoms with E-state index in [1.807, 2.05) is 18.2 Å². The van der Waals surface area contributed by atoms with Gasteiger partial charge in [-0.15, -0.1) is 0 Å². The molecule has 6 heteroatoms. The molecule has 2 N–H and O–H groups in total. The van der Waals surface area contributed by atoms with Crippen LogP contribution in [-0.4, -0.2) is 52.4 Å². The molecule has 1 aromatic carbocycles. The fraction of sp³-hybridized carbons (Fsp3) is 0.333. The predicted octanol–water partition coefficient (Wildman–Crippen LogP) is 0.832. The van der Waals surface area contributed by atoms with Crippen LogP contribution >= 0.6 is 0 Å². The van der Waals surface area contributed by atoms with Crippen molar-refractivity contribution < 1.29 is 4.79 Å². The van der Waals surface area contributed by atoms with Gasteiger partial charge in [-0.05, 0) is 12.6 Å². The summed E-state index contributed by atoms with van der Waals surface area (Å²) in [5.41, 5.74) is 1.16. The number of carbonyl (C=O) groups is 1. The first kappa shape index (κ1) is 13.6. The Morgan fingerprint density at radius 3 is 2.67 bits per heavy atom. The Labute approximate surface area is 122 Å². The van der Waals surface area contributed by atoms with Gasteiger partial charge in [0, 0.05) is 25.8 Å². The highest BCUT2D eigenvalue weighted by Gasteiger charge is 2.29. The molecule has 3 rings (SSSR count). The second kappa shape index (κ2) is 5.57. The molecule has 1 saturated heterocycles. The van der Waals surface area contributed by atoms with Gasteiger partial charge in [-0.1, -0.05) is 30.3 Å².